The summed E-state index contributed by atoms with van der Waals surface area (Å²) in [6.07, 6.45) is 7.15. The summed E-state index contributed by atoms with van der Waals surface area (Å²) in [6, 6.07) is 0.578. The van der Waals surface area contributed by atoms with Crippen LogP contribution in [0.15, 0.2) is 6.20 Å². The van der Waals surface area contributed by atoms with E-state index in [0.717, 1.165) is 19.0 Å². The Morgan fingerprint density at radius 1 is 1.32 bits per heavy atom. The maximum atomic E-state index is 4.69. The minimum atomic E-state index is 0.578. The molecule has 108 valence electrons. The van der Waals surface area contributed by atoms with Crippen molar-refractivity contribution in [3.63, 3.8) is 0 Å². The molecule has 3 heteroatoms. The molecule has 1 aliphatic rings. The molecular formula is C16H29N3. The zero-order chi connectivity index (χ0) is 13.8. The molecule has 1 aliphatic carbocycles. The molecule has 2 rings (SSSR count). The van der Waals surface area contributed by atoms with Gasteiger partial charge in [-0.2, -0.15) is 5.10 Å². The second kappa shape index (κ2) is 6.56. The van der Waals surface area contributed by atoms with Crippen LogP contribution in [0.25, 0.3) is 0 Å². The van der Waals surface area contributed by atoms with Crippen molar-refractivity contribution in [2.75, 3.05) is 6.54 Å². The summed E-state index contributed by atoms with van der Waals surface area (Å²) in [5.74, 6) is 1.48. The lowest BCUT2D eigenvalue weighted by Crippen LogP contribution is -2.20. The van der Waals surface area contributed by atoms with Crippen molar-refractivity contribution in [3.05, 3.63) is 17.5 Å². The molecule has 0 spiro atoms. The Bertz CT molecular complexity index is 387. The summed E-state index contributed by atoms with van der Waals surface area (Å²) < 4.78 is 2.32. The molecule has 0 amide bonds. The average molecular weight is 263 g/mol. The van der Waals surface area contributed by atoms with Crippen LogP contribution < -0.4 is 5.32 Å². The molecule has 1 heterocycles. The minimum Gasteiger partial charge on any atom is -0.312 e. The van der Waals surface area contributed by atoms with Crippen molar-refractivity contribution in [2.24, 2.45) is 5.92 Å². The van der Waals surface area contributed by atoms with Crippen LogP contribution in [-0.2, 0) is 6.54 Å². The Morgan fingerprint density at radius 2 is 2.00 bits per heavy atom. The Kier molecular flexibility index (Phi) is 5.03. The molecule has 1 saturated carbocycles. The smallest absolute Gasteiger partial charge is 0.0537 e. The first-order valence-corrected chi connectivity index (χ1v) is 7.94. The van der Waals surface area contributed by atoms with Crippen molar-refractivity contribution in [1.29, 1.82) is 0 Å². The van der Waals surface area contributed by atoms with Gasteiger partial charge in [0.25, 0.3) is 0 Å². The van der Waals surface area contributed by atoms with Gasteiger partial charge in [0.2, 0.25) is 0 Å². The lowest BCUT2D eigenvalue weighted by Gasteiger charge is -2.17. The summed E-state index contributed by atoms with van der Waals surface area (Å²) >= 11 is 0. The second-order valence-electron chi connectivity index (χ2n) is 6.27. The fourth-order valence-electron chi connectivity index (χ4n) is 2.77. The second-order valence-corrected chi connectivity index (χ2v) is 6.27. The molecule has 0 aliphatic heterocycles. The van der Waals surface area contributed by atoms with Crippen molar-refractivity contribution >= 4 is 0 Å². The molecule has 0 radical (unpaired) electrons. The summed E-state index contributed by atoms with van der Waals surface area (Å²) in [5, 5.41) is 8.25. The molecular weight excluding hydrogens is 234 g/mol. The number of hydrogen-bond donors (Lipinski definition) is 1. The maximum Gasteiger partial charge on any atom is 0.0537 e. The number of nitrogens with zero attached hydrogens (tertiary/aromatic N) is 2. The highest BCUT2D eigenvalue weighted by Gasteiger charge is 2.31. The average Bonchev–Trinajstić information content (AvgIpc) is 3.13. The molecule has 19 heavy (non-hydrogen) atoms. The van der Waals surface area contributed by atoms with E-state index in [-0.39, 0.29) is 0 Å². The predicted molar refractivity (Wildman–Crippen MR) is 80.4 cm³/mol. The van der Waals surface area contributed by atoms with Crippen LogP contribution in [0.1, 0.15) is 76.6 Å². The van der Waals surface area contributed by atoms with Crippen LogP contribution in [0, 0.1) is 5.92 Å². The van der Waals surface area contributed by atoms with Crippen LogP contribution in [0.3, 0.4) is 0 Å². The molecule has 3 nitrogen and oxygen atoms in total. The third kappa shape index (κ3) is 3.59. The number of nitrogens with one attached hydrogen (secondary N) is 1. The first-order chi connectivity index (χ1) is 9.17. The first-order valence-electron chi connectivity index (χ1n) is 7.94. The van der Waals surface area contributed by atoms with Gasteiger partial charge in [0.05, 0.1) is 12.2 Å². The van der Waals surface area contributed by atoms with Gasteiger partial charge in [0, 0.05) is 23.7 Å². The zero-order valence-corrected chi connectivity index (χ0v) is 12.9. The predicted octanol–water partition coefficient (Wildman–Crippen LogP) is 3.87. The van der Waals surface area contributed by atoms with Crippen LogP contribution >= 0.6 is 0 Å². The number of hydrogen-bond acceptors (Lipinski definition) is 2. The van der Waals surface area contributed by atoms with E-state index in [1.54, 1.807) is 0 Å². The molecule has 1 aromatic heterocycles. The highest BCUT2D eigenvalue weighted by Crippen LogP contribution is 2.43. The first kappa shape index (κ1) is 14.6. The van der Waals surface area contributed by atoms with Gasteiger partial charge in [-0.25, -0.2) is 0 Å². The van der Waals surface area contributed by atoms with E-state index in [1.165, 1.54) is 36.9 Å². The van der Waals surface area contributed by atoms with Gasteiger partial charge in [-0.3, -0.25) is 4.68 Å². The quantitative estimate of drug-likeness (QED) is 0.771. The topological polar surface area (TPSA) is 29.9 Å². The van der Waals surface area contributed by atoms with Gasteiger partial charge < -0.3 is 5.32 Å². The van der Waals surface area contributed by atoms with Gasteiger partial charge in [-0.15, -0.1) is 0 Å². The number of rotatable bonds is 8. The summed E-state index contributed by atoms with van der Waals surface area (Å²) in [7, 11) is 0. The van der Waals surface area contributed by atoms with E-state index in [0.29, 0.717) is 12.0 Å². The molecule has 0 unspecified atom stereocenters. The molecule has 1 aromatic rings. The lowest BCUT2D eigenvalue weighted by atomic mass is 10.1. The normalized spacial score (nSPS) is 15.7. The fraction of sp³-hybridized carbons (Fsp3) is 0.812. The van der Waals surface area contributed by atoms with Crippen LogP contribution in [0.4, 0.5) is 0 Å². The van der Waals surface area contributed by atoms with Gasteiger partial charge in [0.1, 0.15) is 0 Å². The molecule has 1 fully saturated rings. The third-order valence-corrected chi connectivity index (χ3v) is 4.03. The van der Waals surface area contributed by atoms with E-state index in [4.69, 9.17) is 5.10 Å². The largest absolute Gasteiger partial charge is 0.312 e. The summed E-state index contributed by atoms with van der Waals surface area (Å²) in [6.45, 7) is 11.1. The van der Waals surface area contributed by atoms with Gasteiger partial charge in [0.15, 0.2) is 0 Å². The van der Waals surface area contributed by atoms with Crippen LogP contribution in [-0.4, -0.2) is 16.3 Å². The van der Waals surface area contributed by atoms with Crippen molar-refractivity contribution in [2.45, 2.75) is 71.9 Å². The van der Waals surface area contributed by atoms with Gasteiger partial charge in [-0.1, -0.05) is 27.7 Å². The Labute approximate surface area is 117 Å². The van der Waals surface area contributed by atoms with E-state index in [9.17, 15) is 0 Å². The summed E-state index contributed by atoms with van der Waals surface area (Å²) in [5.41, 5.74) is 2.94. The van der Waals surface area contributed by atoms with E-state index in [1.807, 2.05) is 0 Å². The van der Waals surface area contributed by atoms with Gasteiger partial charge in [-0.05, 0) is 38.1 Å². The van der Waals surface area contributed by atoms with Crippen molar-refractivity contribution < 1.29 is 0 Å². The molecule has 0 saturated heterocycles. The zero-order valence-electron chi connectivity index (χ0n) is 12.9. The Hall–Kier alpha value is -0.830. The molecule has 1 N–H and O–H groups in total. The highest BCUT2D eigenvalue weighted by atomic mass is 15.3. The molecule has 0 atom stereocenters. The van der Waals surface area contributed by atoms with Crippen LogP contribution in [0.2, 0.25) is 0 Å². The van der Waals surface area contributed by atoms with Crippen LogP contribution in [0.5, 0.6) is 0 Å². The summed E-state index contributed by atoms with van der Waals surface area (Å²) in [4.78, 5) is 0. The maximum absolute atomic E-state index is 4.69. The number of aromatic nitrogens is 2. The van der Waals surface area contributed by atoms with Crippen molar-refractivity contribution in [1.82, 2.24) is 15.1 Å². The monoisotopic (exact) mass is 263 g/mol. The minimum absolute atomic E-state index is 0.578. The standard InChI is InChI=1S/C16H29N3/c1-5-15(6-2)19-16(13-7-8-13)14(11-18-19)10-17-9-12(3)4/h11-13,15,17H,5-10H2,1-4H3. The SMILES string of the molecule is CCC(CC)n1ncc(CNCC(C)C)c1C1CC1. The van der Waals surface area contributed by atoms with E-state index >= 15 is 0 Å². The van der Waals surface area contributed by atoms with E-state index in [2.05, 4.69) is 43.9 Å². The molecule has 0 bridgehead atoms. The van der Waals surface area contributed by atoms with Gasteiger partial charge >= 0.3 is 0 Å². The van der Waals surface area contributed by atoms with Crippen molar-refractivity contribution in [3.8, 4) is 0 Å². The van der Waals surface area contributed by atoms with E-state index < -0.39 is 0 Å². The highest BCUT2D eigenvalue weighted by molar-refractivity contribution is 5.26. The Balaban J connectivity index is 2.10. The third-order valence-electron chi connectivity index (χ3n) is 4.03. The lowest BCUT2D eigenvalue weighted by molar-refractivity contribution is 0.413. The fourth-order valence-corrected chi connectivity index (χ4v) is 2.77. The molecule has 0 aromatic carbocycles. The Morgan fingerprint density at radius 3 is 2.53 bits per heavy atom.